The molecule has 0 aliphatic carbocycles. The Kier molecular flexibility index (Phi) is 10.9. The summed E-state index contributed by atoms with van der Waals surface area (Å²) < 4.78 is 15.3. The molecule has 0 saturated heterocycles. The largest absolute Gasteiger partial charge is 0.497 e. The fraction of sp³-hybridized carbons (Fsp3) is 0.500. The van der Waals surface area contributed by atoms with Crippen molar-refractivity contribution in [1.82, 2.24) is 10.9 Å². The fourth-order valence-corrected chi connectivity index (χ4v) is 2.21. The smallest absolute Gasteiger partial charge is 0.426 e. The third-order valence-electron chi connectivity index (χ3n) is 3.64. The van der Waals surface area contributed by atoms with E-state index in [9.17, 15) is 9.59 Å². The van der Waals surface area contributed by atoms with Crippen LogP contribution in [0.5, 0.6) is 11.5 Å². The minimum absolute atomic E-state index is 0.0384. The minimum atomic E-state index is -0.724. The van der Waals surface area contributed by atoms with Crippen LogP contribution in [0.3, 0.4) is 0 Å². The van der Waals surface area contributed by atoms with Gasteiger partial charge in [0.25, 0.3) is 0 Å². The Labute approximate surface area is 160 Å². The van der Waals surface area contributed by atoms with Gasteiger partial charge in [0.05, 0.1) is 20.6 Å². The lowest BCUT2D eigenvalue weighted by Gasteiger charge is -2.11. The molecule has 7 heteroatoms. The van der Waals surface area contributed by atoms with E-state index in [0.717, 1.165) is 12.8 Å². The molecule has 2 amide bonds. The molecule has 0 bridgehead atoms. The second-order valence-electron chi connectivity index (χ2n) is 5.72. The molecule has 0 unspecified atom stereocenters. The van der Waals surface area contributed by atoms with E-state index in [0.29, 0.717) is 23.5 Å². The van der Waals surface area contributed by atoms with Gasteiger partial charge < -0.3 is 14.2 Å². The summed E-state index contributed by atoms with van der Waals surface area (Å²) in [4.78, 5) is 23.5. The first-order valence-electron chi connectivity index (χ1n) is 8.99. The van der Waals surface area contributed by atoms with Gasteiger partial charge in [-0.15, -0.1) is 5.92 Å². The van der Waals surface area contributed by atoms with Crippen LogP contribution in [-0.2, 0) is 16.0 Å². The van der Waals surface area contributed by atoms with Crippen LogP contribution >= 0.6 is 0 Å². The average molecular weight is 376 g/mol. The Morgan fingerprint density at radius 1 is 1.04 bits per heavy atom. The Bertz CT molecular complexity index is 664. The van der Waals surface area contributed by atoms with Gasteiger partial charge in [-0.25, -0.2) is 10.2 Å². The summed E-state index contributed by atoms with van der Waals surface area (Å²) in [5, 5.41) is 0. The SMILES string of the molecule is CCCCCC#CCCOC(=O)NNC(=O)Cc1ccc(OC)cc1OC. The number of rotatable bonds is 9. The molecule has 0 atom stereocenters. The van der Waals surface area contributed by atoms with Gasteiger partial charge in [0.2, 0.25) is 5.91 Å². The zero-order valence-corrected chi connectivity index (χ0v) is 16.2. The highest BCUT2D eigenvalue weighted by Crippen LogP contribution is 2.24. The number of hydrogen-bond donors (Lipinski definition) is 2. The molecule has 0 spiro atoms. The van der Waals surface area contributed by atoms with E-state index in [2.05, 4.69) is 29.6 Å². The normalized spacial score (nSPS) is 9.59. The van der Waals surface area contributed by atoms with Crippen LogP contribution in [0.2, 0.25) is 0 Å². The van der Waals surface area contributed by atoms with E-state index < -0.39 is 12.0 Å². The third-order valence-corrected chi connectivity index (χ3v) is 3.64. The molecule has 1 aromatic carbocycles. The number of methoxy groups -OCH3 is 2. The first-order chi connectivity index (χ1) is 13.1. The van der Waals surface area contributed by atoms with Crippen molar-refractivity contribution in [3.8, 4) is 23.3 Å². The standard InChI is InChI=1S/C20H28N2O5/c1-4-5-6-7-8-9-10-13-27-20(24)22-21-19(23)14-16-11-12-17(25-2)15-18(16)26-3/h11-12,15H,4-7,10,13-14H2,1-3H3,(H,21,23)(H,22,24). The van der Waals surface area contributed by atoms with Gasteiger partial charge in [-0.1, -0.05) is 31.8 Å². The molecule has 1 rings (SSSR count). The van der Waals surface area contributed by atoms with Gasteiger partial charge in [0, 0.05) is 24.5 Å². The van der Waals surface area contributed by atoms with Crippen molar-refractivity contribution < 1.29 is 23.8 Å². The van der Waals surface area contributed by atoms with Crippen molar-refractivity contribution >= 4 is 12.0 Å². The molecule has 0 aliphatic rings. The number of carbonyl (C=O) groups is 2. The zero-order chi connectivity index (χ0) is 19.9. The molecule has 27 heavy (non-hydrogen) atoms. The maximum atomic E-state index is 12.0. The van der Waals surface area contributed by atoms with Crippen molar-refractivity contribution in [2.24, 2.45) is 0 Å². The molecular formula is C20H28N2O5. The predicted octanol–water partition coefficient (Wildman–Crippen LogP) is 2.98. The summed E-state index contributed by atoms with van der Waals surface area (Å²) in [5.41, 5.74) is 5.18. The first kappa shape index (κ1) is 22.2. The van der Waals surface area contributed by atoms with Gasteiger partial charge >= 0.3 is 6.09 Å². The molecule has 0 radical (unpaired) electrons. The van der Waals surface area contributed by atoms with Crippen molar-refractivity contribution in [3.05, 3.63) is 23.8 Å². The highest BCUT2D eigenvalue weighted by molar-refractivity contribution is 5.81. The Balaban J connectivity index is 2.27. The summed E-state index contributed by atoms with van der Waals surface area (Å²) in [6.45, 7) is 2.32. The number of hydrazine groups is 1. The third kappa shape index (κ3) is 9.40. The molecular weight excluding hydrogens is 348 g/mol. The summed E-state index contributed by atoms with van der Waals surface area (Å²) in [5.74, 6) is 6.76. The van der Waals surface area contributed by atoms with Gasteiger partial charge in [0.15, 0.2) is 0 Å². The number of amides is 2. The number of nitrogens with one attached hydrogen (secondary N) is 2. The highest BCUT2D eigenvalue weighted by atomic mass is 16.6. The van der Waals surface area contributed by atoms with E-state index in [1.165, 1.54) is 20.0 Å². The Hall–Kier alpha value is -2.88. The van der Waals surface area contributed by atoms with Gasteiger partial charge in [-0.05, 0) is 12.5 Å². The number of benzene rings is 1. The monoisotopic (exact) mass is 376 g/mol. The lowest BCUT2D eigenvalue weighted by atomic mass is 10.1. The fourth-order valence-electron chi connectivity index (χ4n) is 2.21. The summed E-state index contributed by atoms with van der Waals surface area (Å²) in [6.07, 6.45) is 4.09. The summed E-state index contributed by atoms with van der Waals surface area (Å²) >= 11 is 0. The number of carbonyl (C=O) groups excluding carboxylic acids is 2. The second kappa shape index (κ2) is 13.3. The van der Waals surface area contributed by atoms with Gasteiger partial charge in [-0.3, -0.25) is 10.2 Å². The van der Waals surface area contributed by atoms with Crippen LogP contribution in [0.1, 0.15) is 44.6 Å². The summed E-state index contributed by atoms with van der Waals surface area (Å²) in [6, 6.07) is 5.15. The van der Waals surface area contributed by atoms with Crippen molar-refractivity contribution in [3.63, 3.8) is 0 Å². The maximum Gasteiger partial charge on any atom is 0.426 e. The topological polar surface area (TPSA) is 85.9 Å². The second-order valence-corrected chi connectivity index (χ2v) is 5.72. The number of ether oxygens (including phenoxy) is 3. The van der Waals surface area contributed by atoms with E-state index >= 15 is 0 Å². The molecule has 0 aromatic heterocycles. The van der Waals surface area contributed by atoms with Gasteiger partial charge in [0.1, 0.15) is 18.1 Å². The summed E-state index contributed by atoms with van der Waals surface area (Å²) in [7, 11) is 3.06. The lowest BCUT2D eigenvalue weighted by molar-refractivity contribution is -0.121. The molecule has 0 saturated carbocycles. The highest BCUT2D eigenvalue weighted by Gasteiger charge is 2.11. The average Bonchev–Trinajstić information content (AvgIpc) is 2.68. The van der Waals surface area contributed by atoms with E-state index in [-0.39, 0.29) is 13.0 Å². The molecule has 0 fully saturated rings. The first-order valence-corrected chi connectivity index (χ1v) is 8.99. The molecule has 1 aromatic rings. The van der Waals surface area contributed by atoms with E-state index in [4.69, 9.17) is 14.2 Å². The molecule has 0 heterocycles. The van der Waals surface area contributed by atoms with Crippen LogP contribution in [0.4, 0.5) is 4.79 Å². The quantitative estimate of drug-likeness (QED) is 0.393. The van der Waals surface area contributed by atoms with Crippen molar-refractivity contribution in [1.29, 1.82) is 0 Å². The van der Waals surface area contributed by atoms with Crippen LogP contribution < -0.4 is 20.3 Å². The maximum absolute atomic E-state index is 12.0. The zero-order valence-electron chi connectivity index (χ0n) is 16.2. The Morgan fingerprint density at radius 2 is 1.81 bits per heavy atom. The van der Waals surface area contributed by atoms with E-state index in [1.807, 2.05) is 0 Å². The predicted molar refractivity (Wildman–Crippen MR) is 102 cm³/mol. The molecule has 7 nitrogen and oxygen atoms in total. The van der Waals surface area contributed by atoms with E-state index in [1.54, 1.807) is 25.3 Å². The number of hydrogen-bond acceptors (Lipinski definition) is 5. The Morgan fingerprint density at radius 3 is 2.52 bits per heavy atom. The molecule has 2 N–H and O–H groups in total. The van der Waals surface area contributed by atoms with Crippen LogP contribution in [0.25, 0.3) is 0 Å². The van der Waals surface area contributed by atoms with Crippen molar-refractivity contribution in [2.75, 3.05) is 20.8 Å². The number of unbranched alkanes of at least 4 members (excludes halogenated alkanes) is 3. The molecule has 0 aliphatic heterocycles. The minimum Gasteiger partial charge on any atom is -0.497 e. The van der Waals surface area contributed by atoms with Gasteiger partial charge in [-0.2, -0.15) is 0 Å². The van der Waals surface area contributed by atoms with Crippen LogP contribution in [-0.4, -0.2) is 32.8 Å². The van der Waals surface area contributed by atoms with Crippen LogP contribution in [0.15, 0.2) is 18.2 Å². The lowest BCUT2D eigenvalue weighted by Crippen LogP contribution is -2.42. The van der Waals surface area contributed by atoms with Crippen molar-refractivity contribution in [2.45, 2.75) is 45.4 Å². The molecule has 148 valence electrons. The van der Waals surface area contributed by atoms with Crippen LogP contribution in [0, 0.1) is 11.8 Å².